The Morgan fingerprint density at radius 2 is 2.38 bits per heavy atom. The highest BCUT2D eigenvalue weighted by Crippen LogP contribution is 2.32. The maximum atomic E-state index is 4.16. The molecule has 1 aliphatic heterocycles. The Kier molecular flexibility index (Phi) is 2.32. The molecule has 1 aliphatic rings. The molecule has 2 heteroatoms. The maximum Gasteiger partial charge on any atom is 0.0363 e. The Balaban J connectivity index is 2.18. The van der Waals surface area contributed by atoms with E-state index in [2.05, 4.69) is 29.9 Å². The van der Waals surface area contributed by atoms with Crippen molar-refractivity contribution < 1.29 is 0 Å². The van der Waals surface area contributed by atoms with Gasteiger partial charge in [-0.25, -0.2) is 0 Å². The van der Waals surface area contributed by atoms with E-state index in [0.717, 1.165) is 5.92 Å². The lowest BCUT2D eigenvalue weighted by molar-refractivity contribution is 0.314. The van der Waals surface area contributed by atoms with Crippen molar-refractivity contribution in [2.75, 3.05) is 13.6 Å². The molecule has 70 valence electrons. The van der Waals surface area contributed by atoms with Gasteiger partial charge in [-0.1, -0.05) is 13.0 Å². The summed E-state index contributed by atoms with van der Waals surface area (Å²) in [7, 11) is 2.20. The van der Waals surface area contributed by atoms with Gasteiger partial charge in [0.15, 0.2) is 0 Å². The number of pyridine rings is 1. The highest BCUT2D eigenvalue weighted by molar-refractivity contribution is 5.15. The molecule has 0 aliphatic carbocycles. The topological polar surface area (TPSA) is 16.1 Å². The lowest BCUT2D eigenvalue weighted by atomic mass is 10.0. The van der Waals surface area contributed by atoms with Crippen molar-refractivity contribution in [3.63, 3.8) is 0 Å². The molecule has 0 radical (unpaired) electrons. The van der Waals surface area contributed by atoms with Gasteiger partial charge in [0.1, 0.15) is 0 Å². The zero-order chi connectivity index (χ0) is 9.26. The predicted molar refractivity (Wildman–Crippen MR) is 53.4 cm³/mol. The van der Waals surface area contributed by atoms with Crippen LogP contribution in [0.3, 0.4) is 0 Å². The minimum Gasteiger partial charge on any atom is -0.299 e. The highest BCUT2D eigenvalue weighted by Gasteiger charge is 2.27. The first-order valence-electron chi connectivity index (χ1n) is 4.87. The van der Waals surface area contributed by atoms with Crippen molar-refractivity contribution >= 4 is 0 Å². The van der Waals surface area contributed by atoms with Gasteiger partial charge in [0, 0.05) is 25.0 Å². The molecule has 0 saturated carbocycles. The van der Waals surface area contributed by atoms with E-state index in [1.807, 2.05) is 18.5 Å². The van der Waals surface area contributed by atoms with Gasteiger partial charge in [-0.2, -0.15) is 0 Å². The second-order valence-corrected chi connectivity index (χ2v) is 4.08. The second-order valence-electron chi connectivity index (χ2n) is 4.08. The van der Waals surface area contributed by atoms with Crippen molar-refractivity contribution in [1.29, 1.82) is 0 Å². The molecule has 2 nitrogen and oxygen atoms in total. The summed E-state index contributed by atoms with van der Waals surface area (Å²) in [4.78, 5) is 6.58. The zero-order valence-electron chi connectivity index (χ0n) is 8.27. The first-order valence-corrected chi connectivity index (χ1v) is 4.87. The fourth-order valence-electron chi connectivity index (χ4n) is 2.22. The van der Waals surface area contributed by atoms with E-state index in [-0.39, 0.29) is 0 Å². The summed E-state index contributed by atoms with van der Waals surface area (Å²) >= 11 is 0. The number of hydrogen-bond donors (Lipinski definition) is 0. The Morgan fingerprint density at radius 3 is 2.92 bits per heavy atom. The van der Waals surface area contributed by atoms with Gasteiger partial charge in [-0.15, -0.1) is 0 Å². The summed E-state index contributed by atoms with van der Waals surface area (Å²) in [5, 5.41) is 0. The predicted octanol–water partition coefficient (Wildman–Crippen LogP) is 2.09. The number of aromatic nitrogens is 1. The van der Waals surface area contributed by atoms with Gasteiger partial charge in [0.25, 0.3) is 0 Å². The smallest absolute Gasteiger partial charge is 0.0363 e. The molecule has 1 fully saturated rings. The van der Waals surface area contributed by atoms with Gasteiger partial charge < -0.3 is 0 Å². The Labute approximate surface area is 79.6 Å². The molecule has 13 heavy (non-hydrogen) atoms. The fourth-order valence-corrected chi connectivity index (χ4v) is 2.22. The Hall–Kier alpha value is -0.890. The van der Waals surface area contributed by atoms with Crippen molar-refractivity contribution in [3.8, 4) is 0 Å². The van der Waals surface area contributed by atoms with Crippen LogP contribution < -0.4 is 0 Å². The SMILES string of the molecule is C[C@H]1C[C@H](c2cccnc2)N(C)C1. The molecule has 1 aromatic heterocycles. The van der Waals surface area contributed by atoms with E-state index >= 15 is 0 Å². The van der Waals surface area contributed by atoms with Crippen LogP contribution in [0.2, 0.25) is 0 Å². The summed E-state index contributed by atoms with van der Waals surface area (Å²) < 4.78 is 0. The van der Waals surface area contributed by atoms with Crippen LogP contribution in [0, 0.1) is 5.92 Å². The van der Waals surface area contributed by atoms with Crippen LogP contribution in [0.15, 0.2) is 24.5 Å². The van der Waals surface area contributed by atoms with Crippen LogP contribution in [0.25, 0.3) is 0 Å². The third-order valence-electron chi connectivity index (χ3n) is 2.83. The summed E-state index contributed by atoms with van der Waals surface area (Å²) in [5.41, 5.74) is 1.36. The molecule has 2 heterocycles. The molecule has 0 N–H and O–H groups in total. The maximum absolute atomic E-state index is 4.16. The minimum atomic E-state index is 0.587. The molecular weight excluding hydrogens is 160 g/mol. The second kappa shape index (κ2) is 3.46. The molecular formula is C11H16N2. The van der Waals surface area contributed by atoms with Gasteiger partial charge in [0.2, 0.25) is 0 Å². The minimum absolute atomic E-state index is 0.587. The summed E-state index contributed by atoms with van der Waals surface area (Å²) in [5.74, 6) is 0.815. The van der Waals surface area contributed by atoms with E-state index in [1.54, 1.807) is 0 Å². The van der Waals surface area contributed by atoms with Crippen molar-refractivity contribution in [2.24, 2.45) is 5.92 Å². The van der Waals surface area contributed by atoms with Crippen molar-refractivity contribution in [3.05, 3.63) is 30.1 Å². The first kappa shape index (κ1) is 8.70. The van der Waals surface area contributed by atoms with E-state index in [9.17, 15) is 0 Å². The number of nitrogens with zero attached hydrogens (tertiary/aromatic N) is 2. The first-order chi connectivity index (χ1) is 6.27. The fraction of sp³-hybridized carbons (Fsp3) is 0.545. The number of hydrogen-bond acceptors (Lipinski definition) is 2. The van der Waals surface area contributed by atoms with Gasteiger partial charge in [0.05, 0.1) is 0 Å². The summed E-state index contributed by atoms with van der Waals surface area (Å²) in [6, 6.07) is 4.78. The van der Waals surface area contributed by atoms with Crippen LogP contribution in [0.1, 0.15) is 24.9 Å². The van der Waals surface area contributed by atoms with E-state index in [4.69, 9.17) is 0 Å². The van der Waals surface area contributed by atoms with E-state index in [0.29, 0.717) is 6.04 Å². The molecule has 1 aromatic rings. The largest absolute Gasteiger partial charge is 0.299 e. The lowest BCUT2D eigenvalue weighted by Crippen LogP contribution is -2.18. The summed E-state index contributed by atoms with van der Waals surface area (Å²) in [6.45, 7) is 3.52. The van der Waals surface area contributed by atoms with E-state index in [1.165, 1.54) is 18.5 Å². The van der Waals surface area contributed by atoms with Crippen LogP contribution >= 0.6 is 0 Å². The highest BCUT2D eigenvalue weighted by atomic mass is 15.2. The molecule has 2 atom stereocenters. The lowest BCUT2D eigenvalue weighted by Gasteiger charge is -2.18. The molecule has 0 aromatic carbocycles. The monoisotopic (exact) mass is 176 g/mol. The van der Waals surface area contributed by atoms with Gasteiger partial charge in [-0.05, 0) is 31.0 Å². The van der Waals surface area contributed by atoms with E-state index < -0.39 is 0 Å². The molecule has 0 bridgehead atoms. The molecule has 2 rings (SSSR count). The van der Waals surface area contributed by atoms with Crippen LogP contribution in [-0.4, -0.2) is 23.5 Å². The third-order valence-corrected chi connectivity index (χ3v) is 2.83. The standard InChI is InChI=1S/C11H16N2/c1-9-6-11(13(2)8-9)10-4-3-5-12-7-10/h3-5,7,9,11H,6,8H2,1-2H3/t9-,11+/m0/s1. The third kappa shape index (κ3) is 1.73. The molecule has 0 spiro atoms. The van der Waals surface area contributed by atoms with Gasteiger partial charge >= 0.3 is 0 Å². The molecule has 0 amide bonds. The quantitative estimate of drug-likeness (QED) is 0.651. The Morgan fingerprint density at radius 1 is 1.54 bits per heavy atom. The van der Waals surface area contributed by atoms with Crippen molar-refractivity contribution in [1.82, 2.24) is 9.88 Å². The number of rotatable bonds is 1. The summed E-state index contributed by atoms with van der Waals surface area (Å²) in [6.07, 6.45) is 5.09. The Bertz CT molecular complexity index is 271. The number of likely N-dealkylation sites (tertiary alicyclic amines) is 1. The average Bonchev–Trinajstić information content (AvgIpc) is 2.47. The van der Waals surface area contributed by atoms with Gasteiger partial charge in [-0.3, -0.25) is 9.88 Å². The van der Waals surface area contributed by atoms with Crippen LogP contribution in [0.5, 0.6) is 0 Å². The van der Waals surface area contributed by atoms with Crippen LogP contribution in [-0.2, 0) is 0 Å². The van der Waals surface area contributed by atoms with Crippen LogP contribution in [0.4, 0.5) is 0 Å². The molecule has 1 saturated heterocycles. The average molecular weight is 176 g/mol. The normalized spacial score (nSPS) is 29.4. The van der Waals surface area contributed by atoms with Crippen molar-refractivity contribution in [2.45, 2.75) is 19.4 Å². The molecule has 0 unspecified atom stereocenters. The zero-order valence-corrected chi connectivity index (χ0v) is 8.27.